The molecule has 5 heteroatoms. The molecule has 4 nitrogen and oxygen atoms in total. The van der Waals surface area contributed by atoms with Crippen molar-refractivity contribution in [3.8, 4) is 0 Å². The molecular formula is C22H26O4P+. The molecule has 0 spiro atoms. The molecule has 1 unspecified atom stereocenters. The van der Waals surface area contributed by atoms with E-state index in [1.807, 2.05) is 60.7 Å². The summed E-state index contributed by atoms with van der Waals surface area (Å²) in [6.07, 6.45) is 3.16. The molecule has 0 fully saturated rings. The maximum absolute atomic E-state index is 12.5. The first-order valence-corrected chi connectivity index (χ1v) is 9.90. The van der Waals surface area contributed by atoms with Gasteiger partial charge in [0, 0.05) is 16.7 Å². The minimum Gasteiger partial charge on any atom is -0.446 e. The van der Waals surface area contributed by atoms with Gasteiger partial charge in [-0.15, -0.1) is 4.52 Å². The summed E-state index contributed by atoms with van der Waals surface area (Å²) >= 11 is 0. The maximum Gasteiger partial charge on any atom is 0.494 e. The second-order valence-corrected chi connectivity index (χ2v) is 6.93. The van der Waals surface area contributed by atoms with E-state index in [0.717, 1.165) is 30.4 Å². The molecule has 27 heavy (non-hydrogen) atoms. The van der Waals surface area contributed by atoms with E-state index >= 15 is 0 Å². The lowest BCUT2D eigenvalue weighted by atomic mass is 9.81. The lowest BCUT2D eigenvalue weighted by Gasteiger charge is -2.35. The molecule has 2 rings (SSSR count). The first-order chi connectivity index (χ1) is 13.1. The van der Waals surface area contributed by atoms with E-state index in [-0.39, 0.29) is 0 Å². The van der Waals surface area contributed by atoms with Gasteiger partial charge in [0.2, 0.25) is 0 Å². The summed E-state index contributed by atoms with van der Waals surface area (Å²) in [5.74, 6) is -0.404. The molecule has 0 aliphatic heterocycles. The van der Waals surface area contributed by atoms with Gasteiger partial charge >= 0.3 is 14.7 Å². The van der Waals surface area contributed by atoms with Crippen LogP contribution >= 0.6 is 8.69 Å². The predicted molar refractivity (Wildman–Crippen MR) is 108 cm³/mol. The van der Waals surface area contributed by atoms with Crippen LogP contribution in [0.1, 0.15) is 43.7 Å². The van der Waals surface area contributed by atoms with E-state index in [9.17, 15) is 9.36 Å². The first kappa shape index (κ1) is 21.0. The van der Waals surface area contributed by atoms with Gasteiger partial charge in [-0.25, -0.2) is 4.79 Å². The molecule has 0 aliphatic rings. The SMILES string of the molecule is C=C(C)C(=O)OC(CCCCCO[PH+]=O)(c1ccccc1)c1ccccc1. The highest BCUT2D eigenvalue weighted by Gasteiger charge is 2.38. The molecule has 0 bridgehead atoms. The molecule has 0 saturated carbocycles. The van der Waals surface area contributed by atoms with Crippen LogP contribution in [-0.2, 0) is 24.2 Å². The molecule has 0 aromatic heterocycles. The van der Waals surface area contributed by atoms with Gasteiger partial charge in [0.05, 0.1) is 0 Å². The standard InChI is InChI=1S/C22H26O4P/c1-18(2)21(23)26-22(19-12-6-3-7-13-19,20-14-8-4-9-15-20)16-10-5-11-17-25-27-24/h3-4,6-9,12-15,27H,1,5,10-11,16-17H2,2H3/q+1. The lowest BCUT2D eigenvalue weighted by Crippen LogP contribution is -2.34. The fourth-order valence-corrected chi connectivity index (χ4v) is 3.28. The van der Waals surface area contributed by atoms with Crippen LogP contribution in [0.25, 0.3) is 0 Å². The first-order valence-electron chi connectivity index (χ1n) is 9.09. The summed E-state index contributed by atoms with van der Waals surface area (Å²) in [5, 5.41) is 0. The Hall–Kier alpha value is -2.29. The molecule has 0 radical (unpaired) electrons. The average Bonchev–Trinajstić information content (AvgIpc) is 2.70. The third-order valence-electron chi connectivity index (χ3n) is 4.43. The lowest BCUT2D eigenvalue weighted by molar-refractivity contribution is -0.152. The molecule has 2 aromatic carbocycles. The van der Waals surface area contributed by atoms with Gasteiger partial charge < -0.3 is 4.74 Å². The quantitative estimate of drug-likeness (QED) is 0.220. The van der Waals surface area contributed by atoms with Crippen LogP contribution in [0.2, 0.25) is 0 Å². The van der Waals surface area contributed by atoms with Crippen molar-refractivity contribution in [3.05, 3.63) is 83.9 Å². The molecule has 1 atom stereocenters. The monoisotopic (exact) mass is 385 g/mol. The van der Waals surface area contributed by atoms with E-state index in [1.54, 1.807) is 6.92 Å². The smallest absolute Gasteiger partial charge is 0.446 e. The molecule has 142 valence electrons. The molecule has 0 saturated heterocycles. The molecule has 0 heterocycles. The van der Waals surface area contributed by atoms with Crippen molar-refractivity contribution in [1.29, 1.82) is 0 Å². The fourth-order valence-electron chi connectivity index (χ4n) is 3.05. The number of hydrogen-bond acceptors (Lipinski definition) is 4. The molecular weight excluding hydrogens is 359 g/mol. The number of esters is 1. The summed E-state index contributed by atoms with van der Waals surface area (Å²) in [5.41, 5.74) is 1.36. The third kappa shape index (κ3) is 5.85. The Kier molecular flexibility index (Phi) is 8.38. The van der Waals surface area contributed by atoms with Crippen LogP contribution in [0.5, 0.6) is 0 Å². The van der Waals surface area contributed by atoms with Gasteiger partial charge in [-0.1, -0.05) is 73.7 Å². The van der Waals surface area contributed by atoms with E-state index in [0.29, 0.717) is 18.6 Å². The van der Waals surface area contributed by atoms with Crippen molar-refractivity contribution >= 4 is 14.7 Å². The minimum atomic E-state index is -0.875. The Morgan fingerprint density at radius 2 is 1.52 bits per heavy atom. The number of benzene rings is 2. The Morgan fingerprint density at radius 1 is 0.963 bits per heavy atom. The highest BCUT2D eigenvalue weighted by atomic mass is 31.1. The molecule has 2 aromatic rings. The Balaban J connectivity index is 2.35. The van der Waals surface area contributed by atoms with Gasteiger partial charge in [-0.2, -0.15) is 0 Å². The van der Waals surface area contributed by atoms with Crippen LogP contribution in [0.15, 0.2) is 72.8 Å². The molecule has 0 N–H and O–H groups in total. The van der Waals surface area contributed by atoms with Gasteiger partial charge in [0.1, 0.15) is 6.61 Å². The van der Waals surface area contributed by atoms with Crippen LogP contribution in [0, 0.1) is 0 Å². The van der Waals surface area contributed by atoms with Gasteiger partial charge in [-0.05, 0) is 30.8 Å². The Labute approximate surface area is 162 Å². The zero-order chi connectivity index (χ0) is 19.5. The van der Waals surface area contributed by atoms with Gasteiger partial charge in [0.25, 0.3) is 0 Å². The van der Waals surface area contributed by atoms with Crippen LogP contribution in [-0.4, -0.2) is 12.6 Å². The van der Waals surface area contributed by atoms with Crippen molar-refractivity contribution < 1.29 is 18.6 Å². The molecule has 0 aliphatic carbocycles. The van der Waals surface area contributed by atoms with Crippen molar-refractivity contribution in [2.75, 3.05) is 6.61 Å². The summed E-state index contributed by atoms with van der Waals surface area (Å²) in [6, 6.07) is 19.6. The second kappa shape index (κ2) is 10.8. The summed E-state index contributed by atoms with van der Waals surface area (Å²) in [4.78, 5) is 12.5. The summed E-state index contributed by atoms with van der Waals surface area (Å²) < 4.78 is 21.4. The molecule has 0 amide bonds. The van der Waals surface area contributed by atoms with Crippen molar-refractivity contribution in [1.82, 2.24) is 0 Å². The predicted octanol–water partition coefficient (Wildman–Crippen LogP) is 5.57. The number of carbonyl (C=O) groups is 1. The van der Waals surface area contributed by atoms with Gasteiger partial charge in [-0.3, -0.25) is 0 Å². The van der Waals surface area contributed by atoms with Crippen molar-refractivity contribution in [2.24, 2.45) is 0 Å². The Morgan fingerprint density at radius 3 is 2.00 bits per heavy atom. The topological polar surface area (TPSA) is 52.6 Å². The van der Waals surface area contributed by atoms with Crippen LogP contribution in [0.4, 0.5) is 0 Å². The van der Waals surface area contributed by atoms with Crippen molar-refractivity contribution in [2.45, 2.75) is 38.2 Å². The van der Waals surface area contributed by atoms with E-state index < -0.39 is 20.3 Å². The Bertz CT molecular complexity index is 704. The third-order valence-corrected chi connectivity index (χ3v) is 4.75. The van der Waals surface area contributed by atoms with Crippen LogP contribution < -0.4 is 0 Å². The number of ether oxygens (including phenoxy) is 1. The fraction of sp³-hybridized carbons (Fsp3) is 0.318. The maximum atomic E-state index is 12.5. The number of hydrogen-bond donors (Lipinski definition) is 0. The average molecular weight is 385 g/mol. The van der Waals surface area contributed by atoms with Crippen molar-refractivity contribution in [3.63, 3.8) is 0 Å². The summed E-state index contributed by atoms with van der Waals surface area (Å²) in [6.45, 7) is 5.86. The van der Waals surface area contributed by atoms with E-state index in [4.69, 9.17) is 9.26 Å². The van der Waals surface area contributed by atoms with E-state index in [2.05, 4.69) is 6.58 Å². The second-order valence-electron chi connectivity index (χ2n) is 6.47. The van der Waals surface area contributed by atoms with Gasteiger partial charge in [0.15, 0.2) is 5.60 Å². The largest absolute Gasteiger partial charge is 0.494 e. The highest BCUT2D eigenvalue weighted by Crippen LogP contribution is 2.39. The normalized spacial score (nSPS) is 11.3. The van der Waals surface area contributed by atoms with Crippen LogP contribution in [0.3, 0.4) is 0 Å². The number of rotatable bonds is 11. The summed E-state index contributed by atoms with van der Waals surface area (Å²) in [7, 11) is -0.722. The highest BCUT2D eigenvalue weighted by molar-refractivity contribution is 7.17. The van der Waals surface area contributed by atoms with E-state index in [1.165, 1.54) is 0 Å². The minimum absolute atomic E-state index is 0.371. The number of unbranched alkanes of at least 4 members (excludes halogenated alkanes) is 2. The number of carbonyl (C=O) groups excluding carboxylic acids is 1. The zero-order valence-corrected chi connectivity index (χ0v) is 16.6. The zero-order valence-electron chi connectivity index (χ0n) is 15.6.